The highest BCUT2D eigenvalue weighted by molar-refractivity contribution is 6.10. The van der Waals surface area contributed by atoms with Crippen molar-refractivity contribution in [1.29, 1.82) is 0 Å². The fraction of sp³-hybridized carbons (Fsp3) is 0.375. The number of imidazole rings is 1. The number of carbonyl (C=O) groups is 2. The first-order valence-corrected chi connectivity index (χ1v) is 18.0. The number of H-pyrrole nitrogens is 1. The molecular formula is C40H43N3O12. The molecule has 55 heavy (non-hydrogen) atoms. The molecule has 7 atom stereocenters. The third-order valence-electron chi connectivity index (χ3n) is 11.1. The van der Waals surface area contributed by atoms with Crippen molar-refractivity contribution >= 4 is 23.6 Å². The smallest absolute Gasteiger partial charge is 0.355 e. The zero-order valence-corrected chi connectivity index (χ0v) is 29.6. The number of aliphatic hydroxyl groups excluding tert-OH is 4. The Kier molecular flexibility index (Phi) is 10.4. The lowest BCUT2D eigenvalue weighted by molar-refractivity contribution is -0.422. The number of carbonyl (C=O) groups excluding carboxylic acids is 1. The second-order valence-electron chi connectivity index (χ2n) is 14.5. The number of carboxylic acids is 1. The van der Waals surface area contributed by atoms with Crippen LogP contribution < -0.4 is 9.64 Å². The lowest BCUT2D eigenvalue weighted by Crippen LogP contribution is -2.67. The molecule has 1 amide bonds. The van der Waals surface area contributed by atoms with E-state index in [2.05, 4.69) is 9.97 Å². The lowest BCUT2D eigenvalue weighted by Gasteiger charge is -2.44. The molecule has 1 aromatic heterocycles. The van der Waals surface area contributed by atoms with Gasteiger partial charge < -0.3 is 55.3 Å². The van der Waals surface area contributed by atoms with E-state index in [-0.39, 0.29) is 11.4 Å². The van der Waals surface area contributed by atoms with Gasteiger partial charge in [-0.15, -0.1) is 0 Å². The van der Waals surface area contributed by atoms with Crippen LogP contribution in [-0.2, 0) is 26.2 Å². The monoisotopic (exact) mass is 757 g/mol. The summed E-state index contributed by atoms with van der Waals surface area (Å²) in [6.07, 6.45) is 2.17. The molecule has 15 heteroatoms. The summed E-state index contributed by atoms with van der Waals surface area (Å²) in [5.41, 5.74) is 2.82. The molecule has 2 fully saturated rings. The molecule has 3 aliphatic rings. The third-order valence-corrected chi connectivity index (χ3v) is 11.1. The quantitative estimate of drug-likeness (QED) is 0.0789. The number of hydrogen-bond acceptors (Lipinski definition) is 12. The first kappa shape index (κ1) is 38.0. The van der Waals surface area contributed by atoms with Crippen molar-refractivity contribution in [2.75, 3.05) is 11.5 Å². The fourth-order valence-electron chi connectivity index (χ4n) is 8.35. The predicted molar refractivity (Wildman–Crippen MR) is 195 cm³/mol. The van der Waals surface area contributed by atoms with Gasteiger partial charge in [0.05, 0.1) is 18.6 Å². The lowest BCUT2D eigenvalue weighted by atomic mass is 9.70. The molecule has 15 nitrogen and oxygen atoms in total. The van der Waals surface area contributed by atoms with Crippen LogP contribution in [0.1, 0.15) is 66.0 Å². The Labute approximate surface area is 315 Å². The average Bonchev–Trinajstić information content (AvgIpc) is 3.94. The van der Waals surface area contributed by atoms with E-state index in [1.54, 1.807) is 18.3 Å². The van der Waals surface area contributed by atoms with E-state index in [9.17, 15) is 50.4 Å². The molecule has 1 saturated carbocycles. The number of fused-ring (bicyclic) bond motifs is 1. The average molecular weight is 758 g/mol. The zero-order valence-electron chi connectivity index (χ0n) is 29.6. The SMILES string of the molecule is O=C(O)[C@H]1[C@H](CC2(c3ccccc3)CCCC2)c2cc(O)c(O[C@]3(O)O[C@H](CO)[C@@H](O)[C@H](O)[C@H]3O)cc2N1C(=O)/C=C/c1ccc(O)c(Cc2cnc[nH]2)c1. The van der Waals surface area contributed by atoms with Crippen LogP contribution in [0.2, 0.25) is 0 Å². The Bertz CT molecular complexity index is 2050. The Morgan fingerprint density at radius 1 is 1.00 bits per heavy atom. The maximum Gasteiger partial charge on any atom is 0.355 e. The summed E-state index contributed by atoms with van der Waals surface area (Å²) in [5.74, 6) is -7.07. The van der Waals surface area contributed by atoms with E-state index in [4.69, 9.17) is 9.47 Å². The number of aromatic hydroxyl groups is 2. The van der Waals surface area contributed by atoms with Gasteiger partial charge in [-0.1, -0.05) is 49.2 Å². The van der Waals surface area contributed by atoms with Gasteiger partial charge in [0, 0.05) is 41.9 Å². The van der Waals surface area contributed by atoms with Crippen molar-refractivity contribution in [2.45, 2.75) is 86.3 Å². The summed E-state index contributed by atoms with van der Waals surface area (Å²) in [6.45, 7) is -0.877. The number of amides is 1. The molecule has 1 aliphatic carbocycles. The van der Waals surface area contributed by atoms with Gasteiger partial charge in [-0.3, -0.25) is 9.69 Å². The number of benzene rings is 3. The number of phenolic OH excluding ortho intramolecular Hbond substituents is 2. The number of nitrogens with zero attached hydrogens (tertiary/aromatic N) is 2. The Balaban J connectivity index is 1.29. The van der Waals surface area contributed by atoms with Crippen LogP contribution in [0.3, 0.4) is 0 Å². The number of hydrogen-bond donors (Lipinski definition) is 9. The van der Waals surface area contributed by atoms with E-state index in [0.29, 0.717) is 29.5 Å². The highest BCUT2D eigenvalue weighted by Gasteiger charge is 2.56. The van der Waals surface area contributed by atoms with Crippen LogP contribution in [0.5, 0.6) is 17.2 Å². The molecule has 0 unspecified atom stereocenters. The van der Waals surface area contributed by atoms with E-state index >= 15 is 0 Å². The number of rotatable bonds is 11. The van der Waals surface area contributed by atoms with E-state index in [1.165, 1.54) is 30.6 Å². The van der Waals surface area contributed by atoms with Crippen molar-refractivity contribution in [2.24, 2.45) is 0 Å². The maximum atomic E-state index is 14.3. The van der Waals surface area contributed by atoms with E-state index < -0.39 is 77.7 Å². The maximum absolute atomic E-state index is 14.3. The molecule has 4 aromatic rings. The third kappa shape index (κ3) is 7.17. The first-order chi connectivity index (χ1) is 26.3. The number of aromatic nitrogens is 2. The molecular weight excluding hydrogens is 714 g/mol. The van der Waals surface area contributed by atoms with Gasteiger partial charge in [-0.2, -0.15) is 0 Å². The van der Waals surface area contributed by atoms with Gasteiger partial charge >= 0.3 is 11.9 Å². The van der Waals surface area contributed by atoms with Crippen LogP contribution in [0.4, 0.5) is 5.69 Å². The van der Waals surface area contributed by atoms with Crippen molar-refractivity contribution in [3.63, 3.8) is 0 Å². The first-order valence-electron chi connectivity index (χ1n) is 18.0. The van der Waals surface area contributed by atoms with E-state index in [1.807, 2.05) is 30.3 Å². The van der Waals surface area contributed by atoms with Gasteiger partial charge in [-0.05, 0) is 65.6 Å². The molecule has 3 aromatic carbocycles. The molecule has 290 valence electrons. The number of phenols is 2. The fourth-order valence-corrected chi connectivity index (χ4v) is 8.35. The number of nitrogens with one attached hydrogen (secondary N) is 1. The molecule has 0 spiro atoms. The minimum Gasteiger partial charge on any atom is -0.508 e. The van der Waals surface area contributed by atoms with Gasteiger partial charge in [0.2, 0.25) is 0 Å². The van der Waals surface area contributed by atoms with Crippen LogP contribution in [0.25, 0.3) is 6.08 Å². The van der Waals surface area contributed by atoms with Gasteiger partial charge in [0.15, 0.2) is 17.6 Å². The number of carboxylic acid groups (broad SMARTS) is 1. The predicted octanol–water partition coefficient (Wildman–Crippen LogP) is 2.41. The van der Waals surface area contributed by atoms with Gasteiger partial charge in [-0.25, -0.2) is 9.78 Å². The summed E-state index contributed by atoms with van der Waals surface area (Å²) in [5, 5.41) is 84.8. The highest BCUT2D eigenvalue weighted by Crippen LogP contribution is 2.55. The second kappa shape index (κ2) is 15.1. The largest absolute Gasteiger partial charge is 0.508 e. The Morgan fingerprint density at radius 2 is 1.75 bits per heavy atom. The van der Waals surface area contributed by atoms with Gasteiger partial charge in [0.25, 0.3) is 5.91 Å². The standard InChI is InChI=1S/C40H43N3O12/c44-20-32-35(48)36(49)37(50)40(53,55-32)54-31-17-28-26(16-30(31)46)27(18-39(12-4-5-13-39)24-6-2-1-3-7-24)34(38(51)52)43(28)33(47)11-9-22-8-10-29(45)23(14-22)15-25-19-41-21-42-25/h1-3,6-11,14,16-17,19,21,27,32,34-37,44-46,48-50,53H,4-5,12-13,15,18,20H2,(H,41,42)(H,51,52)/b11-9+/t27-,32-,34-,35-,36+,37-,40+/m1/s1. The summed E-state index contributed by atoms with van der Waals surface area (Å²) >= 11 is 0. The molecule has 1 saturated heterocycles. The molecule has 3 heterocycles. The molecule has 9 N–H and O–H groups in total. The van der Waals surface area contributed by atoms with Crippen LogP contribution in [0.15, 0.2) is 79.3 Å². The Morgan fingerprint density at radius 3 is 2.42 bits per heavy atom. The van der Waals surface area contributed by atoms with Crippen molar-refractivity contribution in [1.82, 2.24) is 9.97 Å². The normalized spacial score (nSPS) is 27.3. The molecule has 2 aliphatic heterocycles. The molecule has 0 bridgehead atoms. The summed E-state index contributed by atoms with van der Waals surface area (Å²) in [4.78, 5) is 35.7. The summed E-state index contributed by atoms with van der Waals surface area (Å²) in [6, 6.07) is 15.5. The number of anilines is 1. The number of aromatic amines is 1. The van der Waals surface area contributed by atoms with Crippen molar-refractivity contribution < 1.29 is 59.9 Å². The van der Waals surface area contributed by atoms with Crippen LogP contribution in [-0.4, -0.2) is 106 Å². The summed E-state index contributed by atoms with van der Waals surface area (Å²) < 4.78 is 10.8. The van der Waals surface area contributed by atoms with E-state index in [0.717, 1.165) is 47.9 Å². The minimum atomic E-state index is -3.09. The van der Waals surface area contributed by atoms with Crippen molar-refractivity contribution in [3.8, 4) is 17.2 Å². The van der Waals surface area contributed by atoms with Gasteiger partial charge in [0.1, 0.15) is 30.1 Å². The topological polar surface area (TPSA) is 246 Å². The second-order valence-corrected chi connectivity index (χ2v) is 14.5. The van der Waals surface area contributed by atoms with Crippen LogP contribution in [0, 0.1) is 0 Å². The molecule has 7 rings (SSSR count). The number of ether oxygens (including phenoxy) is 2. The van der Waals surface area contributed by atoms with Crippen LogP contribution >= 0.6 is 0 Å². The summed E-state index contributed by atoms with van der Waals surface area (Å²) in [7, 11) is 0. The van der Waals surface area contributed by atoms with Crippen molar-refractivity contribution in [3.05, 3.63) is 107 Å². The zero-order chi connectivity index (χ0) is 39.1. The molecule has 0 radical (unpaired) electrons. The number of aliphatic carboxylic acids is 1. The minimum absolute atomic E-state index is 0.0352. The Hall–Kier alpha value is -5.29. The number of aliphatic hydroxyl groups is 5. The highest BCUT2D eigenvalue weighted by atomic mass is 16.8.